The van der Waals surface area contributed by atoms with Crippen molar-refractivity contribution < 1.29 is 14.3 Å². The summed E-state index contributed by atoms with van der Waals surface area (Å²) in [6.45, 7) is 3.21. The fourth-order valence-corrected chi connectivity index (χ4v) is 3.77. The van der Waals surface area contributed by atoms with E-state index in [0.717, 1.165) is 29.2 Å². The molecule has 2 aromatic rings. The van der Waals surface area contributed by atoms with Gasteiger partial charge in [-0.25, -0.2) is 4.98 Å². The zero-order valence-corrected chi connectivity index (χ0v) is 15.6. The number of carbonyl (C=O) groups is 2. The van der Waals surface area contributed by atoms with Crippen LogP contribution < -0.4 is 15.4 Å². The van der Waals surface area contributed by atoms with Crippen LogP contribution in [0.15, 0.2) is 29.6 Å². The van der Waals surface area contributed by atoms with Crippen molar-refractivity contribution >= 4 is 23.2 Å². The summed E-state index contributed by atoms with van der Waals surface area (Å²) in [5, 5.41) is 8.36. The second-order valence-electron chi connectivity index (χ2n) is 6.16. The van der Waals surface area contributed by atoms with Crippen LogP contribution in [0.4, 0.5) is 0 Å². The SMILES string of the molecule is CCOc1ccccc1-c1nc(CC(=O)NC2CCCCNC2=O)cs1. The predicted molar refractivity (Wildman–Crippen MR) is 101 cm³/mol. The standard InChI is InChI=1S/C19H23N3O3S/c1-2-25-16-9-4-3-7-14(16)19-21-13(12-26-19)11-17(23)22-15-8-5-6-10-20-18(15)24/h3-4,7,9,12,15H,2,5-6,8,10-11H2,1H3,(H,20,24)(H,22,23). The highest BCUT2D eigenvalue weighted by Gasteiger charge is 2.22. The Hall–Kier alpha value is -2.41. The van der Waals surface area contributed by atoms with Gasteiger partial charge in [0.25, 0.3) is 0 Å². The maximum Gasteiger partial charge on any atom is 0.242 e. The van der Waals surface area contributed by atoms with Crippen LogP contribution in [-0.2, 0) is 16.0 Å². The molecule has 1 aromatic heterocycles. The quantitative estimate of drug-likeness (QED) is 0.815. The smallest absolute Gasteiger partial charge is 0.242 e. The van der Waals surface area contributed by atoms with Gasteiger partial charge in [-0.15, -0.1) is 11.3 Å². The van der Waals surface area contributed by atoms with Crippen molar-refractivity contribution in [2.24, 2.45) is 0 Å². The Morgan fingerprint density at radius 2 is 2.23 bits per heavy atom. The molecule has 1 unspecified atom stereocenters. The summed E-state index contributed by atoms with van der Waals surface area (Å²) in [7, 11) is 0. The number of para-hydroxylation sites is 1. The molecule has 7 heteroatoms. The molecule has 0 radical (unpaired) electrons. The molecule has 1 aliphatic rings. The monoisotopic (exact) mass is 373 g/mol. The first-order valence-electron chi connectivity index (χ1n) is 8.91. The van der Waals surface area contributed by atoms with E-state index < -0.39 is 6.04 Å². The molecule has 0 spiro atoms. The van der Waals surface area contributed by atoms with E-state index in [1.807, 2.05) is 36.6 Å². The van der Waals surface area contributed by atoms with E-state index in [4.69, 9.17) is 4.74 Å². The number of carbonyl (C=O) groups excluding carboxylic acids is 2. The molecule has 2 amide bonds. The molecule has 0 bridgehead atoms. The highest BCUT2D eigenvalue weighted by atomic mass is 32.1. The number of ether oxygens (including phenoxy) is 1. The third kappa shape index (κ3) is 4.60. The molecule has 1 aromatic carbocycles. The number of aromatic nitrogens is 1. The van der Waals surface area contributed by atoms with Gasteiger partial charge in [0.2, 0.25) is 11.8 Å². The Kier molecular flexibility index (Phi) is 6.22. The van der Waals surface area contributed by atoms with E-state index in [2.05, 4.69) is 15.6 Å². The molecule has 6 nitrogen and oxygen atoms in total. The number of hydrogen-bond acceptors (Lipinski definition) is 5. The van der Waals surface area contributed by atoms with Gasteiger partial charge in [0, 0.05) is 11.9 Å². The highest BCUT2D eigenvalue weighted by molar-refractivity contribution is 7.13. The summed E-state index contributed by atoms with van der Waals surface area (Å²) >= 11 is 1.48. The maximum atomic E-state index is 12.3. The molecule has 0 aliphatic carbocycles. The minimum atomic E-state index is -0.443. The fraction of sp³-hybridized carbons (Fsp3) is 0.421. The minimum absolute atomic E-state index is 0.0968. The lowest BCUT2D eigenvalue weighted by molar-refractivity contribution is -0.128. The Morgan fingerprint density at radius 3 is 3.08 bits per heavy atom. The number of hydrogen-bond donors (Lipinski definition) is 2. The molecule has 3 rings (SSSR count). The van der Waals surface area contributed by atoms with Gasteiger partial charge in [0.1, 0.15) is 16.8 Å². The number of rotatable bonds is 6. The molecule has 1 fully saturated rings. The number of amides is 2. The average molecular weight is 373 g/mol. The molecular formula is C19H23N3O3S. The van der Waals surface area contributed by atoms with Crippen LogP contribution in [0.25, 0.3) is 10.6 Å². The summed E-state index contributed by atoms with van der Waals surface area (Å²) in [6.07, 6.45) is 2.73. The lowest BCUT2D eigenvalue weighted by atomic mass is 10.1. The van der Waals surface area contributed by atoms with E-state index >= 15 is 0 Å². The topological polar surface area (TPSA) is 80.3 Å². The molecule has 0 saturated carbocycles. The largest absolute Gasteiger partial charge is 0.493 e. The Bertz CT molecular complexity index is 775. The molecule has 1 atom stereocenters. The van der Waals surface area contributed by atoms with Crippen LogP contribution in [-0.4, -0.2) is 36.0 Å². The molecule has 26 heavy (non-hydrogen) atoms. The first kappa shape index (κ1) is 18.4. The van der Waals surface area contributed by atoms with Crippen LogP contribution in [0, 0.1) is 0 Å². The van der Waals surface area contributed by atoms with Gasteiger partial charge in [-0.3, -0.25) is 9.59 Å². The number of thiazole rings is 1. The van der Waals surface area contributed by atoms with Crippen LogP contribution in [0.5, 0.6) is 5.75 Å². The molecular weight excluding hydrogens is 350 g/mol. The van der Waals surface area contributed by atoms with Gasteiger partial charge < -0.3 is 15.4 Å². The first-order valence-corrected chi connectivity index (χ1v) is 9.79. The fourth-order valence-electron chi connectivity index (χ4n) is 2.92. The van der Waals surface area contributed by atoms with Gasteiger partial charge in [-0.2, -0.15) is 0 Å². The Labute approximate surface area is 157 Å². The zero-order valence-electron chi connectivity index (χ0n) is 14.8. The maximum absolute atomic E-state index is 12.3. The van der Waals surface area contributed by atoms with Crippen LogP contribution >= 0.6 is 11.3 Å². The minimum Gasteiger partial charge on any atom is -0.493 e. The third-order valence-electron chi connectivity index (χ3n) is 4.18. The summed E-state index contributed by atoms with van der Waals surface area (Å²) in [5.41, 5.74) is 1.62. The van der Waals surface area contributed by atoms with E-state index in [1.54, 1.807) is 0 Å². The molecule has 1 aliphatic heterocycles. The summed E-state index contributed by atoms with van der Waals surface area (Å²) in [6, 6.07) is 7.30. The number of benzene rings is 1. The molecule has 1 saturated heterocycles. The van der Waals surface area contributed by atoms with Crippen molar-refractivity contribution in [2.75, 3.05) is 13.2 Å². The van der Waals surface area contributed by atoms with Crippen molar-refractivity contribution in [3.05, 3.63) is 35.3 Å². The number of nitrogens with one attached hydrogen (secondary N) is 2. The zero-order chi connectivity index (χ0) is 18.4. The molecule has 138 valence electrons. The van der Waals surface area contributed by atoms with Crippen molar-refractivity contribution in [3.63, 3.8) is 0 Å². The second-order valence-corrected chi connectivity index (χ2v) is 7.01. The van der Waals surface area contributed by atoms with Gasteiger partial charge in [0.15, 0.2) is 0 Å². The van der Waals surface area contributed by atoms with Gasteiger partial charge in [0.05, 0.1) is 24.3 Å². The van der Waals surface area contributed by atoms with E-state index in [9.17, 15) is 9.59 Å². The van der Waals surface area contributed by atoms with Gasteiger partial charge >= 0.3 is 0 Å². The van der Waals surface area contributed by atoms with Crippen molar-refractivity contribution in [1.29, 1.82) is 0 Å². The number of nitrogens with zero attached hydrogens (tertiary/aromatic N) is 1. The molecule has 2 heterocycles. The van der Waals surface area contributed by atoms with Gasteiger partial charge in [-0.1, -0.05) is 12.1 Å². The van der Waals surface area contributed by atoms with Crippen molar-refractivity contribution in [2.45, 2.75) is 38.6 Å². The highest BCUT2D eigenvalue weighted by Crippen LogP contribution is 2.32. The first-order chi connectivity index (χ1) is 12.7. The van der Waals surface area contributed by atoms with E-state index in [0.29, 0.717) is 25.3 Å². The summed E-state index contributed by atoms with van der Waals surface area (Å²) in [4.78, 5) is 28.8. The lowest BCUT2D eigenvalue weighted by Crippen LogP contribution is -2.46. The third-order valence-corrected chi connectivity index (χ3v) is 5.11. The van der Waals surface area contributed by atoms with Crippen molar-refractivity contribution in [1.82, 2.24) is 15.6 Å². The summed E-state index contributed by atoms with van der Waals surface area (Å²) in [5.74, 6) is 0.512. The van der Waals surface area contributed by atoms with Gasteiger partial charge in [-0.05, 0) is 38.3 Å². The van der Waals surface area contributed by atoms with E-state index in [1.165, 1.54) is 11.3 Å². The Balaban J connectivity index is 1.65. The van der Waals surface area contributed by atoms with Crippen LogP contribution in [0.1, 0.15) is 31.9 Å². The second kappa shape index (κ2) is 8.80. The molecule has 2 N–H and O–H groups in total. The predicted octanol–water partition coefficient (Wildman–Crippen LogP) is 2.54. The van der Waals surface area contributed by atoms with Crippen LogP contribution in [0.2, 0.25) is 0 Å². The normalized spacial score (nSPS) is 17.3. The summed E-state index contributed by atoms with van der Waals surface area (Å²) < 4.78 is 5.65. The van der Waals surface area contributed by atoms with Crippen molar-refractivity contribution in [3.8, 4) is 16.3 Å². The average Bonchev–Trinajstić information content (AvgIpc) is 2.99. The van der Waals surface area contributed by atoms with Crippen LogP contribution in [0.3, 0.4) is 0 Å². The lowest BCUT2D eigenvalue weighted by Gasteiger charge is -2.14. The Morgan fingerprint density at radius 1 is 1.38 bits per heavy atom. The van der Waals surface area contributed by atoms with E-state index in [-0.39, 0.29) is 18.2 Å².